The minimum atomic E-state index is 0.203. The number of hydrogen-bond acceptors (Lipinski definition) is 3. The maximum atomic E-state index is 12.4. The summed E-state index contributed by atoms with van der Waals surface area (Å²) < 4.78 is 0. The normalized spacial score (nSPS) is 13.7. The quantitative estimate of drug-likeness (QED) is 0.862. The zero-order valence-corrected chi connectivity index (χ0v) is 12.7. The third kappa shape index (κ3) is 3.52. The number of carbonyl (C=O) groups is 1. The number of benzene rings is 1. The second-order valence-electron chi connectivity index (χ2n) is 5.56. The highest BCUT2D eigenvalue weighted by Gasteiger charge is 2.21. The van der Waals surface area contributed by atoms with Crippen molar-refractivity contribution in [2.75, 3.05) is 18.0 Å². The first kappa shape index (κ1) is 14.7. The molecule has 1 N–H and O–H groups in total. The van der Waals surface area contributed by atoms with Crippen molar-refractivity contribution in [1.29, 1.82) is 0 Å². The largest absolute Gasteiger partial charge is 0.312 e. The van der Waals surface area contributed by atoms with Crippen molar-refractivity contribution in [2.24, 2.45) is 0 Å². The number of anilines is 1. The maximum absolute atomic E-state index is 12.4. The molecule has 0 spiro atoms. The monoisotopic (exact) mass is 295 g/mol. The minimum Gasteiger partial charge on any atom is -0.312 e. The second-order valence-corrected chi connectivity index (χ2v) is 5.56. The number of hydrogen-bond donors (Lipinski definition) is 1. The summed E-state index contributed by atoms with van der Waals surface area (Å²) in [5, 5.41) is 3.32. The van der Waals surface area contributed by atoms with E-state index in [1.807, 2.05) is 29.2 Å². The first-order valence-corrected chi connectivity index (χ1v) is 7.82. The highest BCUT2D eigenvalue weighted by molar-refractivity contribution is 5.94. The summed E-state index contributed by atoms with van der Waals surface area (Å²) in [5.74, 6) is 0.203. The van der Waals surface area contributed by atoms with E-state index in [1.54, 1.807) is 12.4 Å². The molecule has 1 amide bonds. The number of para-hydroxylation sites is 1. The Balaban J connectivity index is 1.51. The lowest BCUT2D eigenvalue weighted by atomic mass is 10.0. The van der Waals surface area contributed by atoms with Crippen LogP contribution in [0, 0.1) is 0 Å². The van der Waals surface area contributed by atoms with Crippen LogP contribution in [0.4, 0.5) is 5.69 Å². The zero-order chi connectivity index (χ0) is 15.2. The third-order valence-electron chi connectivity index (χ3n) is 4.01. The van der Waals surface area contributed by atoms with E-state index < -0.39 is 0 Å². The molecule has 2 heterocycles. The Bertz CT molecular complexity index is 627. The van der Waals surface area contributed by atoms with E-state index in [0.717, 1.165) is 31.6 Å². The van der Waals surface area contributed by atoms with Crippen molar-refractivity contribution < 1.29 is 4.79 Å². The number of aryl methyl sites for hydroxylation is 1. The smallest absolute Gasteiger partial charge is 0.228 e. The summed E-state index contributed by atoms with van der Waals surface area (Å²) in [6.45, 7) is 2.30. The topological polar surface area (TPSA) is 45.2 Å². The van der Waals surface area contributed by atoms with Crippen LogP contribution in [0.25, 0.3) is 0 Å². The Morgan fingerprint density at radius 2 is 2.00 bits per heavy atom. The van der Waals surface area contributed by atoms with Gasteiger partial charge in [-0.25, -0.2) is 0 Å². The molecule has 0 saturated carbocycles. The van der Waals surface area contributed by atoms with Crippen LogP contribution in [0.1, 0.15) is 24.0 Å². The molecule has 1 aromatic heterocycles. The van der Waals surface area contributed by atoms with E-state index in [2.05, 4.69) is 22.4 Å². The summed E-state index contributed by atoms with van der Waals surface area (Å²) in [5.41, 5.74) is 3.56. The van der Waals surface area contributed by atoms with E-state index >= 15 is 0 Å². The molecule has 2 aromatic rings. The molecule has 0 radical (unpaired) electrons. The fourth-order valence-corrected chi connectivity index (χ4v) is 2.86. The molecule has 4 heteroatoms. The third-order valence-corrected chi connectivity index (χ3v) is 4.01. The number of amides is 1. The van der Waals surface area contributed by atoms with Gasteiger partial charge in [-0.3, -0.25) is 9.78 Å². The van der Waals surface area contributed by atoms with Crippen molar-refractivity contribution in [3.8, 4) is 0 Å². The molecule has 1 aliphatic heterocycles. The SMILES string of the molecule is O=C(CCNCc1ccncc1)N1CCCc2ccccc21. The zero-order valence-electron chi connectivity index (χ0n) is 12.7. The van der Waals surface area contributed by atoms with Gasteiger partial charge in [0, 0.05) is 44.1 Å². The fourth-order valence-electron chi connectivity index (χ4n) is 2.86. The Kier molecular flexibility index (Phi) is 4.81. The van der Waals surface area contributed by atoms with Gasteiger partial charge >= 0.3 is 0 Å². The molecule has 0 atom stereocenters. The van der Waals surface area contributed by atoms with E-state index in [-0.39, 0.29) is 5.91 Å². The lowest BCUT2D eigenvalue weighted by molar-refractivity contribution is -0.118. The molecule has 114 valence electrons. The first-order chi connectivity index (χ1) is 10.8. The van der Waals surface area contributed by atoms with Crippen LogP contribution in [0.15, 0.2) is 48.8 Å². The summed E-state index contributed by atoms with van der Waals surface area (Å²) in [6.07, 6.45) is 6.21. The number of aromatic nitrogens is 1. The summed E-state index contributed by atoms with van der Waals surface area (Å²) in [6, 6.07) is 12.2. The molecule has 0 fully saturated rings. The van der Waals surface area contributed by atoms with Crippen LogP contribution in [0.2, 0.25) is 0 Å². The second kappa shape index (κ2) is 7.18. The molecule has 1 aromatic carbocycles. The fraction of sp³-hybridized carbons (Fsp3) is 0.333. The van der Waals surface area contributed by atoms with Gasteiger partial charge in [-0.2, -0.15) is 0 Å². The van der Waals surface area contributed by atoms with Gasteiger partial charge in [0.2, 0.25) is 5.91 Å². The standard InChI is InChI=1S/C18H21N3O/c22-18(9-12-20-14-15-7-10-19-11-8-15)21-13-3-5-16-4-1-2-6-17(16)21/h1-2,4,6-8,10-11,20H,3,5,9,12-14H2. The molecule has 0 aliphatic carbocycles. The summed E-state index contributed by atoms with van der Waals surface area (Å²) in [4.78, 5) is 18.4. The Morgan fingerprint density at radius 1 is 1.18 bits per heavy atom. The average Bonchev–Trinajstić information content (AvgIpc) is 2.59. The molecular formula is C18H21N3O. The van der Waals surface area contributed by atoms with Crippen molar-refractivity contribution in [2.45, 2.75) is 25.8 Å². The van der Waals surface area contributed by atoms with Gasteiger partial charge in [0.25, 0.3) is 0 Å². The van der Waals surface area contributed by atoms with Crippen LogP contribution in [-0.2, 0) is 17.8 Å². The van der Waals surface area contributed by atoms with Gasteiger partial charge in [0.15, 0.2) is 0 Å². The van der Waals surface area contributed by atoms with Crippen LogP contribution >= 0.6 is 0 Å². The van der Waals surface area contributed by atoms with Gasteiger partial charge in [0.1, 0.15) is 0 Å². The molecule has 4 nitrogen and oxygen atoms in total. The Morgan fingerprint density at radius 3 is 2.86 bits per heavy atom. The predicted molar refractivity (Wildman–Crippen MR) is 87.7 cm³/mol. The molecule has 3 rings (SSSR count). The van der Waals surface area contributed by atoms with Crippen LogP contribution in [0.5, 0.6) is 0 Å². The minimum absolute atomic E-state index is 0.203. The van der Waals surface area contributed by atoms with Gasteiger partial charge in [-0.05, 0) is 42.2 Å². The summed E-state index contributed by atoms with van der Waals surface area (Å²) >= 11 is 0. The molecule has 1 aliphatic rings. The van der Waals surface area contributed by atoms with Gasteiger partial charge < -0.3 is 10.2 Å². The van der Waals surface area contributed by atoms with Crippen molar-refractivity contribution in [3.05, 3.63) is 59.9 Å². The molecule has 22 heavy (non-hydrogen) atoms. The number of rotatable bonds is 5. The van der Waals surface area contributed by atoms with Crippen LogP contribution in [-0.4, -0.2) is 24.0 Å². The lowest BCUT2D eigenvalue weighted by Crippen LogP contribution is -2.36. The van der Waals surface area contributed by atoms with Crippen molar-refractivity contribution in [3.63, 3.8) is 0 Å². The molecular weight excluding hydrogens is 274 g/mol. The number of nitrogens with one attached hydrogen (secondary N) is 1. The highest BCUT2D eigenvalue weighted by atomic mass is 16.2. The highest BCUT2D eigenvalue weighted by Crippen LogP contribution is 2.26. The Labute approximate surface area is 131 Å². The predicted octanol–water partition coefficient (Wildman–Crippen LogP) is 2.54. The van der Waals surface area contributed by atoms with Crippen LogP contribution < -0.4 is 10.2 Å². The number of nitrogens with zero attached hydrogens (tertiary/aromatic N) is 2. The van der Waals surface area contributed by atoms with E-state index in [0.29, 0.717) is 13.0 Å². The van der Waals surface area contributed by atoms with E-state index in [4.69, 9.17) is 0 Å². The maximum Gasteiger partial charge on any atom is 0.228 e. The van der Waals surface area contributed by atoms with Gasteiger partial charge in [0.05, 0.1) is 0 Å². The van der Waals surface area contributed by atoms with Crippen molar-refractivity contribution in [1.82, 2.24) is 10.3 Å². The lowest BCUT2D eigenvalue weighted by Gasteiger charge is -2.29. The summed E-state index contributed by atoms with van der Waals surface area (Å²) in [7, 11) is 0. The average molecular weight is 295 g/mol. The number of pyridine rings is 1. The van der Waals surface area contributed by atoms with Gasteiger partial charge in [-0.15, -0.1) is 0 Å². The molecule has 0 bridgehead atoms. The van der Waals surface area contributed by atoms with Crippen molar-refractivity contribution >= 4 is 11.6 Å². The van der Waals surface area contributed by atoms with E-state index in [9.17, 15) is 4.79 Å². The first-order valence-electron chi connectivity index (χ1n) is 7.82. The Hall–Kier alpha value is -2.20. The molecule has 0 saturated heterocycles. The molecule has 0 unspecified atom stereocenters. The van der Waals surface area contributed by atoms with Crippen LogP contribution in [0.3, 0.4) is 0 Å². The van der Waals surface area contributed by atoms with E-state index in [1.165, 1.54) is 11.1 Å². The number of carbonyl (C=O) groups excluding carboxylic acids is 1. The van der Waals surface area contributed by atoms with Gasteiger partial charge in [-0.1, -0.05) is 18.2 Å². The number of fused-ring (bicyclic) bond motifs is 1.